The second-order valence-electron chi connectivity index (χ2n) is 7.43. The standard InChI is InChI=1S/C19H34N4O4/c1-15(24)12-21-4-5-22(13-16(2)25)7-9-23(8-6-21)14-17-10-19(27-3)20-11-18(17)26/h10-11,15-16,24-26H,4-9,12-14H2,1-3H3/t15-,16-/m0/s1. The zero-order valence-electron chi connectivity index (χ0n) is 16.7. The van der Waals surface area contributed by atoms with E-state index in [9.17, 15) is 15.3 Å². The Morgan fingerprint density at radius 1 is 0.963 bits per heavy atom. The van der Waals surface area contributed by atoms with Crippen molar-refractivity contribution < 1.29 is 20.1 Å². The van der Waals surface area contributed by atoms with Crippen molar-refractivity contribution in [1.29, 1.82) is 0 Å². The average Bonchev–Trinajstić information content (AvgIpc) is 2.69. The van der Waals surface area contributed by atoms with Gasteiger partial charge in [-0.1, -0.05) is 0 Å². The fourth-order valence-electron chi connectivity index (χ4n) is 3.40. The van der Waals surface area contributed by atoms with E-state index in [-0.39, 0.29) is 18.0 Å². The molecule has 3 N–H and O–H groups in total. The maximum Gasteiger partial charge on any atom is 0.213 e. The Kier molecular flexibility index (Phi) is 8.72. The lowest BCUT2D eigenvalue weighted by Gasteiger charge is -2.27. The first-order valence-corrected chi connectivity index (χ1v) is 9.62. The zero-order chi connectivity index (χ0) is 19.8. The lowest BCUT2D eigenvalue weighted by Crippen LogP contribution is -2.41. The van der Waals surface area contributed by atoms with E-state index < -0.39 is 0 Å². The fourth-order valence-corrected chi connectivity index (χ4v) is 3.40. The van der Waals surface area contributed by atoms with Gasteiger partial charge in [-0.3, -0.25) is 14.7 Å². The third-order valence-electron chi connectivity index (χ3n) is 4.79. The lowest BCUT2D eigenvalue weighted by molar-refractivity contribution is 0.102. The first kappa shape index (κ1) is 21.8. The predicted octanol–water partition coefficient (Wildman–Crippen LogP) is -0.0230. The number of β-amino-alcohol motifs (C(OH)–C–C–N with tert-alkyl or cyclic N) is 2. The van der Waals surface area contributed by atoms with Crippen LogP contribution in [-0.4, -0.2) is 107 Å². The van der Waals surface area contributed by atoms with E-state index >= 15 is 0 Å². The third-order valence-corrected chi connectivity index (χ3v) is 4.79. The van der Waals surface area contributed by atoms with Crippen molar-refractivity contribution in [2.45, 2.75) is 32.6 Å². The zero-order valence-corrected chi connectivity index (χ0v) is 16.7. The quantitative estimate of drug-likeness (QED) is 0.606. The van der Waals surface area contributed by atoms with E-state index in [0.29, 0.717) is 25.5 Å². The van der Waals surface area contributed by atoms with Crippen LogP contribution in [0, 0.1) is 0 Å². The van der Waals surface area contributed by atoms with Crippen LogP contribution >= 0.6 is 0 Å². The number of hydrogen-bond acceptors (Lipinski definition) is 8. The minimum Gasteiger partial charge on any atom is -0.506 e. The molecule has 1 aliphatic heterocycles. The van der Waals surface area contributed by atoms with Gasteiger partial charge in [0.25, 0.3) is 0 Å². The lowest BCUT2D eigenvalue weighted by atomic mass is 10.2. The van der Waals surface area contributed by atoms with Gasteiger partial charge in [0.2, 0.25) is 5.88 Å². The Balaban J connectivity index is 2.09. The van der Waals surface area contributed by atoms with Gasteiger partial charge in [-0.15, -0.1) is 0 Å². The number of ether oxygens (including phenoxy) is 1. The molecule has 1 fully saturated rings. The molecule has 8 nitrogen and oxygen atoms in total. The number of rotatable bonds is 7. The van der Waals surface area contributed by atoms with E-state index in [1.807, 2.05) is 0 Å². The van der Waals surface area contributed by atoms with E-state index in [0.717, 1.165) is 44.8 Å². The van der Waals surface area contributed by atoms with E-state index in [4.69, 9.17) is 4.74 Å². The predicted molar refractivity (Wildman–Crippen MR) is 104 cm³/mol. The van der Waals surface area contributed by atoms with Crippen molar-refractivity contribution in [1.82, 2.24) is 19.7 Å². The second kappa shape index (κ2) is 10.8. The van der Waals surface area contributed by atoms with Crippen LogP contribution in [-0.2, 0) is 6.54 Å². The molecule has 8 heteroatoms. The molecular weight excluding hydrogens is 348 g/mol. The van der Waals surface area contributed by atoms with Crippen LogP contribution in [0.2, 0.25) is 0 Å². The smallest absolute Gasteiger partial charge is 0.213 e. The summed E-state index contributed by atoms with van der Waals surface area (Å²) >= 11 is 0. The summed E-state index contributed by atoms with van der Waals surface area (Å²) in [5, 5.41) is 29.7. The van der Waals surface area contributed by atoms with E-state index in [2.05, 4.69) is 19.7 Å². The SMILES string of the molecule is COc1cc(CN2CCN(C[C@H](C)O)CCN(C[C@H](C)O)CC2)c(O)cn1. The third kappa shape index (κ3) is 7.59. The van der Waals surface area contributed by atoms with Crippen molar-refractivity contribution in [3.8, 4) is 11.6 Å². The monoisotopic (exact) mass is 382 g/mol. The number of methoxy groups -OCH3 is 1. The van der Waals surface area contributed by atoms with Gasteiger partial charge in [0, 0.05) is 70.5 Å². The van der Waals surface area contributed by atoms with Crippen molar-refractivity contribution in [3.05, 3.63) is 17.8 Å². The molecule has 0 spiro atoms. The molecule has 0 saturated carbocycles. The summed E-state index contributed by atoms with van der Waals surface area (Å²) in [6.07, 6.45) is 0.667. The topological polar surface area (TPSA) is 92.5 Å². The first-order valence-electron chi connectivity index (χ1n) is 9.62. The summed E-state index contributed by atoms with van der Waals surface area (Å²) < 4.78 is 5.17. The molecule has 1 aromatic heterocycles. The molecule has 154 valence electrons. The molecule has 0 amide bonds. The summed E-state index contributed by atoms with van der Waals surface area (Å²) in [4.78, 5) is 10.8. The highest BCUT2D eigenvalue weighted by Gasteiger charge is 2.19. The van der Waals surface area contributed by atoms with Crippen LogP contribution < -0.4 is 4.74 Å². The Labute approximate surface area is 162 Å². The molecule has 0 aliphatic carbocycles. The summed E-state index contributed by atoms with van der Waals surface area (Å²) in [7, 11) is 1.56. The van der Waals surface area contributed by atoms with Crippen LogP contribution in [0.15, 0.2) is 12.3 Å². The number of aliphatic hydroxyl groups is 2. The van der Waals surface area contributed by atoms with Gasteiger partial charge in [0.1, 0.15) is 5.75 Å². The van der Waals surface area contributed by atoms with Gasteiger partial charge in [-0.25, -0.2) is 4.98 Å². The van der Waals surface area contributed by atoms with Crippen LogP contribution in [0.3, 0.4) is 0 Å². The van der Waals surface area contributed by atoms with Crippen LogP contribution in [0.1, 0.15) is 19.4 Å². The Bertz CT molecular complexity index is 549. The summed E-state index contributed by atoms with van der Waals surface area (Å²) in [6.45, 7) is 10.5. The molecule has 1 aliphatic rings. The second-order valence-corrected chi connectivity index (χ2v) is 7.43. The molecule has 2 heterocycles. The normalized spacial score (nSPS) is 20.5. The molecule has 1 aromatic rings. The number of aliphatic hydroxyl groups excluding tert-OH is 2. The highest BCUT2D eigenvalue weighted by Crippen LogP contribution is 2.21. The largest absolute Gasteiger partial charge is 0.506 e. The molecule has 0 bridgehead atoms. The molecule has 0 unspecified atom stereocenters. The minimum absolute atomic E-state index is 0.164. The van der Waals surface area contributed by atoms with Crippen molar-refractivity contribution in [2.75, 3.05) is 59.5 Å². The molecule has 2 rings (SSSR count). The van der Waals surface area contributed by atoms with Gasteiger partial charge in [-0.2, -0.15) is 0 Å². The highest BCUT2D eigenvalue weighted by atomic mass is 16.5. The number of aromatic hydroxyl groups is 1. The first-order chi connectivity index (χ1) is 12.9. The van der Waals surface area contributed by atoms with Crippen molar-refractivity contribution >= 4 is 0 Å². The van der Waals surface area contributed by atoms with Gasteiger partial charge in [0.05, 0.1) is 25.5 Å². The van der Waals surface area contributed by atoms with E-state index in [1.54, 1.807) is 27.0 Å². The van der Waals surface area contributed by atoms with Crippen molar-refractivity contribution in [3.63, 3.8) is 0 Å². The summed E-state index contributed by atoms with van der Waals surface area (Å²) in [5.74, 6) is 0.649. The van der Waals surface area contributed by atoms with Crippen LogP contribution in [0.5, 0.6) is 11.6 Å². The number of pyridine rings is 1. The minimum atomic E-state index is -0.377. The number of aromatic nitrogens is 1. The summed E-state index contributed by atoms with van der Waals surface area (Å²) in [6, 6.07) is 1.77. The maximum absolute atomic E-state index is 10.2. The summed E-state index contributed by atoms with van der Waals surface area (Å²) in [5.41, 5.74) is 0.783. The van der Waals surface area contributed by atoms with Crippen LogP contribution in [0.25, 0.3) is 0 Å². The van der Waals surface area contributed by atoms with Crippen LogP contribution in [0.4, 0.5) is 0 Å². The molecule has 27 heavy (non-hydrogen) atoms. The van der Waals surface area contributed by atoms with E-state index in [1.165, 1.54) is 6.20 Å². The Morgan fingerprint density at radius 2 is 1.44 bits per heavy atom. The maximum atomic E-state index is 10.2. The molecule has 0 aromatic carbocycles. The van der Waals surface area contributed by atoms with Crippen molar-refractivity contribution in [2.24, 2.45) is 0 Å². The Hall–Kier alpha value is -1.45. The molecule has 1 saturated heterocycles. The van der Waals surface area contributed by atoms with Gasteiger partial charge in [-0.05, 0) is 13.8 Å². The molecule has 0 radical (unpaired) electrons. The average molecular weight is 383 g/mol. The Morgan fingerprint density at radius 3 is 1.89 bits per heavy atom. The van der Waals surface area contributed by atoms with Gasteiger partial charge >= 0.3 is 0 Å². The number of hydrogen-bond donors (Lipinski definition) is 3. The highest BCUT2D eigenvalue weighted by molar-refractivity contribution is 5.33. The number of nitrogens with zero attached hydrogens (tertiary/aromatic N) is 4. The molecule has 2 atom stereocenters. The van der Waals surface area contributed by atoms with Gasteiger partial charge in [0.15, 0.2) is 0 Å². The molecular formula is C19H34N4O4. The van der Waals surface area contributed by atoms with Gasteiger partial charge < -0.3 is 20.1 Å². The fraction of sp³-hybridized carbons (Fsp3) is 0.737.